The van der Waals surface area contributed by atoms with Crippen LogP contribution in [0, 0.1) is 0 Å². The van der Waals surface area contributed by atoms with Crippen molar-refractivity contribution in [1.29, 1.82) is 0 Å². The Hall–Kier alpha value is -1.03. The fourth-order valence-corrected chi connectivity index (χ4v) is 1.85. The van der Waals surface area contributed by atoms with E-state index in [0.717, 1.165) is 11.4 Å². The first kappa shape index (κ1) is 8.56. The molecule has 0 saturated heterocycles. The highest BCUT2D eigenvalue weighted by Gasteiger charge is 2.24. The summed E-state index contributed by atoms with van der Waals surface area (Å²) in [4.78, 5) is 13.3. The monoisotopic (exact) mass is 240 g/mol. The highest BCUT2D eigenvalue weighted by Crippen LogP contribution is 2.33. The highest BCUT2D eigenvalue weighted by atomic mass is 79.9. The fraction of sp³-hybridized carbons (Fsp3) is 0.222. The number of rotatable bonds is 0. The van der Waals surface area contributed by atoms with Gasteiger partial charge >= 0.3 is 0 Å². The lowest BCUT2D eigenvalue weighted by atomic mass is 10.2. The summed E-state index contributed by atoms with van der Waals surface area (Å²) in [7, 11) is 1.91. The van der Waals surface area contributed by atoms with Crippen molar-refractivity contribution < 1.29 is 4.79 Å². The zero-order valence-corrected chi connectivity index (χ0v) is 8.78. The molecular weight excluding hydrogens is 232 g/mol. The third-order valence-electron chi connectivity index (χ3n) is 2.10. The number of hydrogen-bond donors (Lipinski definition) is 0. The molecule has 0 saturated carbocycles. The summed E-state index contributed by atoms with van der Waals surface area (Å²) in [5.41, 5.74) is 1.97. The van der Waals surface area contributed by atoms with E-state index in [2.05, 4.69) is 16.1 Å². The first-order valence-electron chi connectivity index (χ1n) is 3.99. The van der Waals surface area contributed by atoms with E-state index in [1.807, 2.05) is 36.2 Å². The molecule has 0 radical (unpaired) electrons. The molecule has 1 aliphatic rings. The molecule has 0 N–H and O–H groups in total. The van der Waals surface area contributed by atoms with Crippen molar-refractivity contribution in [3.05, 3.63) is 24.3 Å². The van der Waals surface area contributed by atoms with E-state index in [1.165, 1.54) is 3.93 Å². The predicted molar refractivity (Wildman–Crippen MR) is 56.1 cm³/mol. The van der Waals surface area contributed by atoms with Crippen LogP contribution in [0.5, 0.6) is 0 Å². The van der Waals surface area contributed by atoms with Gasteiger partial charge in [-0.2, -0.15) is 0 Å². The van der Waals surface area contributed by atoms with Gasteiger partial charge in [-0.05, 0) is 12.1 Å². The summed E-state index contributed by atoms with van der Waals surface area (Å²) in [5, 5.41) is 0. The van der Waals surface area contributed by atoms with Gasteiger partial charge < -0.3 is 4.90 Å². The van der Waals surface area contributed by atoms with E-state index in [4.69, 9.17) is 0 Å². The molecule has 4 heteroatoms. The molecule has 1 amide bonds. The van der Waals surface area contributed by atoms with E-state index in [9.17, 15) is 4.79 Å². The lowest BCUT2D eigenvalue weighted by molar-refractivity contribution is -0.116. The number of amides is 1. The second kappa shape index (κ2) is 3.03. The number of benzene rings is 1. The number of hydrogen-bond acceptors (Lipinski definition) is 2. The van der Waals surface area contributed by atoms with Gasteiger partial charge in [0, 0.05) is 7.05 Å². The Balaban J connectivity index is 2.53. The van der Waals surface area contributed by atoms with E-state index in [-0.39, 0.29) is 5.91 Å². The molecule has 13 heavy (non-hydrogen) atoms. The van der Waals surface area contributed by atoms with Gasteiger partial charge in [-0.1, -0.05) is 12.1 Å². The van der Waals surface area contributed by atoms with Crippen LogP contribution in [0.15, 0.2) is 24.3 Å². The van der Waals surface area contributed by atoms with Crippen LogP contribution < -0.4 is 8.83 Å². The largest absolute Gasteiger partial charge is 0.364 e. The quantitative estimate of drug-likeness (QED) is 0.646. The van der Waals surface area contributed by atoms with E-state index in [0.29, 0.717) is 6.54 Å². The van der Waals surface area contributed by atoms with Crippen LogP contribution in [0.4, 0.5) is 11.4 Å². The van der Waals surface area contributed by atoms with E-state index >= 15 is 0 Å². The number of halogens is 1. The normalized spacial score (nSPS) is 16.0. The minimum absolute atomic E-state index is 0.0567. The summed E-state index contributed by atoms with van der Waals surface area (Å²) < 4.78 is 1.52. The standard InChI is InChI=1S/C9H9BrN2O/c1-11-6-9(13)12(10)8-5-3-2-4-7(8)11/h2-5H,6H2,1H3. The molecule has 1 aliphatic heterocycles. The van der Waals surface area contributed by atoms with Crippen LogP contribution in [-0.2, 0) is 4.79 Å². The van der Waals surface area contributed by atoms with Crippen LogP contribution >= 0.6 is 16.1 Å². The molecule has 68 valence electrons. The Morgan fingerprint density at radius 2 is 1.92 bits per heavy atom. The molecule has 3 nitrogen and oxygen atoms in total. The van der Waals surface area contributed by atoms with Gasteiger partial charge in [0.15, 0.2) is 0 Å². The van der Waals surface area contributed by atoms with Crippen molar-refractivity contribution in [1.82, 2.24) is 0 Å². The molecule has 1 aromatic rings. The van der Waals surface area contributed by atoms with Crippen LogP contribution in [0.1, 0.15) is 0 Å². The average molecular weight is 241 g/mol. The topological polar surface area (TPSA) is 23.6 Å². The van der Waals surface area contributed by atoms with Gasteiger partial charge in [-0.3, -0.25) is 4.79 Å². The number of carbonyl (C=O) groups excluding carboxylic acids is 1. The zero-order valence-electron chi connectivity index (χ0n) is 7.20. The van der Waals surface area contributed by atoms with Crippen molar-refractivity contribution in [3.8, 4) is 0 Å². The zero-order chi connectivity index (χ0) is 9.42. The Morgan fingerprint density at radius 1 is 1.31 bits per heavy atom. The molecule has 1 aromatic carbocycles. The number of para-hydroxylation sites is 2. The van der Waals surface area contributed by atoms with Crippen LogP contribution in [0.2, 0.25) is 0 Å². The lowest BCUT2D eigenvalue weighted by Gasteiger charge is -2.31. The van der Waals surface area contributed by atoms with E-state index in [1.54, 1.807) is 0 Å². The number of likely N-dealkylation sites (N-methyl/N-ethyl adjacent to an activating group) is 1. The minimum Gasteiger partial charge on any atom is -0.364 e. The van der Waals surface area contributed by atoms with Gasteiger partial charge in [-0.25, -0.2) is 3.93 Å². The summed E-state index contributed by atoms with van der Waals surface area (Å²) in [6.07, 6.45) is 0. The first-order valence-corrected chi connectivity index (χ1v) is 4.70. The molecule has 0 unspecified atom stereocenters. The first-order chi connectivity index (χ1) is 6.20. The van der Waals surface area contributed by atoms with Crippen LogP contribution in [0.25, 0.3) is 0 Å². The summed E-state index contributed by atoms with van der Waals surface area (Å²) >= 11 is 3.24. The lowest BCUT2D eigenvalue weighted by Crippen LogP contribution is -2.38. The van der Waals surface area contributed by atoms with E-state index < -0.39 is 0 Å². The molecule has 1 heterocycles. The van der Waals surface area contributed by atoms with Gasteiger partial charge in [0.2, 0.25) is 0 Å². The minimum atomic E-state index is 0.0567. The molecule has 0 aliphatic carbocycles. The molecule has 0 aromatic heterocycles. The maximum atomic E-state index is 11.4. The van der Waals surface area contributed by atoms with Crippen LogP contribution in [0.3, 0.4) is 0 Å². The Labute approximate surface area is 85.3 Å². The maximum absolute atomic E-state index is 11.4. The maximum Gasteiger partial charge on any atom is 0.256 e. The number of carbonyl (C=O) groups is 1. The third kappa shape index (κ3) is 1.31. The third-order valence-corrected chi connectivity index (χ3v) is 2.87. The molecule has 0 atom stereocenters. The Bertz CT molecular complexity index is 353. The SMILES string of the molecule is CN1CC(=O)N(Br)c2ccccc21. The second-order valence-electron chi connectivity index (χ2n) is 3.02. The smallest absolute Gasteiger partial charge is 0.256 e. The van der Waals surface area contributed by atoms with Crippen molar-refractivity contribution >= 4 is 33.4 Å². The number of nitrogens with zero attached hydrogens (tertiary/aromatic N) is 2. The summed E-state index contributed by atoms with van der Waals surface area (Å²) in [6.45, 7) is 0.419. The number of fused-ring (bicyclic) bond motifs is 1. The van der Waals surface area contributed by atoms with Crippen molar-refractivity contribution in [3.63, 3.8) is 0 Å². The van der Waals surface area contributed by atoms with Gasteiger partial charge in [0.25, 0.3) is 5.91 Å². The fourth-order valence-electron chi connectivity index (χ4n) is 1.44. The van der Waals surface area contributed by atoms with Crippen LogP contribution in [-0.4, -0.2) is 19.5 Å². The molecule has 0 spiro atoms. The molecule has 0 fully saturated rings. The molecule has 0 bridgehead atoms. The van der Waals surface area contributed by atoms with Crippen molar-refractivity contribution in [2.75, 3.05) is 22.4 Å². The Kier molecular flexibility index (Phi) is 2.00. The summed E-state index contributed by atoms with van der Waals surface area (Å²) in [5.74, 6) is 0.0567. The Morgan fingerprint density at radius 3 is 2.62 bits per heavy atom. The van der Waals surface area contributed by atoms with Gasteiger partial charge in [-0.15, -0.1) is 0 Å². The predicted octanol–water partition coefficient (Wildman–Crippen LogP) is 1.78. The van der Waals surface area contributed by atoms with Crippen molar-refractivity contribution in [2.24, 2.45) is 0 Å². The average Bonchev–Trinajstić information content (AvgIpc) is 2.15. The van der Waals surface area contributed by atoms with Gasteiger partial charge in [0.05, 0.1) is 34.1 Å². The molecule has 2 rings (SSSR count). The highest BCUT2D eigenvalue weighted by molar-refractivity contribution is 9.10. The van der Waals surface area contributed by atoms with Gasteiger partial charge in [0.1, 0.15) is 0 Å². The number of anilines is 2. The summed E-state index contributed by atoms with van der Waals surface area (Å²) in [6, 6.07) is 7.79. The second-order valence-corrected chi connectivity index (χ2v) is 3.73. The van der Waals surface area contributed by atoms with Crippen molar-refractivity contribution in [2.45, 2.75) is 0 Å². The molecular formula is C9H9BrN2O.